The Morgan fingerprint density at radius 2 is 1.63 bits per heavy atom. The molecule has 0 atom stereocenters. The first-order valence-electron chi connectivity index (χ1n) is 11.0. The molecule has 1 aliphatic heterocycles. The van der Waals surface area contributed by atoms with Gasteiger partial charge in [-0.1, -0.05) is 19.8 Å². The van der Waals surface area contributed by atoms with E-state index in [-0.39, 0.29) is 22.9 Å². The first kappa shape index (κ1) is 22.3. The molecule has 1 spiro atoms. The molecule has 2 fully saturated rings. The molecule has 1 saturated carbocycles. The summed E-state index contributed by atoms with van der Waals surface area (Å²) in [5.74, 6) is 5.91. The third kappa shape index (κ3) is 4.51. The van der Waals surface area contributed by atoms with Gasteiger partial charge in [-0.15, -0.1) is 5.92 Å². The fraction of sp³-hybridized carbons (Fsp3) is 0.577. The Labute approximate surface area is 180 Å². The summed E-state index contributed by atoms with van der Waals surface area (Å²) in [6, 6.07) is 3.95. The second-order valence-electron chi connectivity index (χ2n) is 9.60. The molecule has 1 aromatic rings. The van der Waals surface area contributed by atoms with Crippen molar-refractivity contribution in [3.05, 3.63) is 34.4 Å². The number of piperidine rings is 1. The molecule has 4 nitrogen and oxygen atoms in total. The predicted octanol–water partition coefficient (Wildman–Crippen LogP) is 4.35. The van der Waals surface area contributed by atoms with Crippen LogP contribution in [0.3, 0.4) is 0 Å². The van der Waals surface area contributed by atoms with E-state index in [0.717, 1.165) is 35.1 Å². The lowest BCUT2D eigenvalue weighted by atomic mass is 9.62. The highest BCUT2D eigenvalue weighted by Crippen LogP contribution is 2.46. The number of hydrogen-bond donors (Lipinski definition) is 0. The van der Waals surface area contributed by atoms with E-state index >= 15 is 0 Å². The van der Waals surface area contributed by atoms with Crippen molar-refractivity contribution >= 4 is 17.5 Å². The van der Waals surface area contributed by atoms with E-state index in [0.29, 0.717) is 38.3 Å². The maximum Gasteiger partial charge on any atom is 0.222 e. The van der Waals surface area contributed by atoms with Gasteiger partial charge in [-0.3, -0.25) is 14.4 Å². The number of amides is 1. The van der Waals surface area contributed by atoms with E-state index in [1.807, 2.05) is 44.7 Å². The SMILES string of the molecule is CC#Cc1cc(C)c(C2C(=O)CC3(CCN(C(=O)CC(C)C)CC3)CC2=O)c(C)c1. The predicted molar refractivity (Wildman–Crippen MR) is 118 cm³/mol. The molecule has 1 aromatic carbocycles. The van der Waals surface area contributed by atoms with Crippen molar-refractivity contribution in [1.82, 2.24) is 4.90 Å². The van der Waals surface area contributed by atoms with Crippen molar-refractivity contribution in [3.8, 4) is 11.8 Å². The van der Waals surface area contributed by atoms with Crippen LogP contribution in [0.1, 0.15) is 81.0 Å². The molecular weight excluding hydrogens is 374 g/mol. The standard InChI is InChI=1S/C26H33NO3/c1-6-7-20-13-18(4)24(19(5)14-20)25-21(28)15-26(16-22(25)29)8-10-27(11-9-26)23(30)12-17(2)3/h13-14,17,25H,8-12,15-16H2,1-5H3. The van der Waals surface area contributed by atoms with E-state index in [2.05, 4.69) is 11.8 Å². The summed E-state index contributed by atoms with van der Waals surface area (Å²) in [6.45, 7) is 11.1. The lowest BCUT2D eigenvalue weighted by molar-refractivity contribution is -0.140. The molecule has 4 heteroatoms. The molecule has 160 valence electrons. The van der Waals surface area contributed by atoms with Gasteiger partial charge in [0.05, 0.1) is 0 Å². The monoisotopic (exact) mass is 407 g/mol. The molecule has 1 saturated heterocycles. The molecule has 3 rings (SSSR count). The smallest absolute Gasteiger partial charge is 0.222 e. The normalized spacial score (nSPS) is 19.2. The highest BCUT2D eigenvalue weighted by atomic mass is 16.2. The molecule has 1 heterocycles. The molecule has 30 heavy (non-hydrogen) atoms. The summed E-state index contributed by atoms with van der Waals surface area (Å²) >= 11 is 0. The number of likely N-dealkylation sites (tertiary alicyclic amines) is 1. The number of carbonyl (C=O) groups excluding carboxylic acids is 3. The van der Waals surface area contributed by atoms with Gasteiger partial charge in [-0.2, -0.15) is 0 Å². The molecule has 0 aromatic heterocycles. The number of ketones is 2. The highest BCUT2D eigenvalue weighted by molar-refractivity contribution is 6.10. The summed E-state index contributed by atoms with van der Waals surface area (Å²) < 4.78 is 0. The Kier molecular flexibility index (Phi) is 6.50. The first-order valence-corrected chi connectivity index (χ1v) is 11.0. The number of rotatable bonds is 3. The van der Waals surface area contributed by atoms with E-state index < -0.39 is 5.92 Å². The van der Waals surface area contributed by atoms with Gasteiger partial charge in [0.15, 0.2) is 0 Å². The first-order chi connectivity index (χ1) is 14.2. The zero-order valence-electron chi connectivity index (χ0n) is 18.9. The average Bonchev–Trinajstić information content (AvgIpc) is 2.63. The van der Waals surface area contributed by atoms with E-state index in [1.165, 1.54) is 0 Å². The number of carbonyl (C=O) groups is 3. The van der Waals surface area contributed by atoms with Crippen molar-refractivity contribution in [1.29, 1.82) is 0 Å². The lowest BCUT2D eigenvalue weighted by Gasteiger charge is -2.45. The Bertz CT molecular complexity index is 880. The number of nitrogens with zero attached hydrogens (tertiary/aromatic N) is 1. The second-order valence-corrected chi connectivity index (χ2v) is 9.60. The number of aryl methyl sites for hydroxylation is 2. The summed E-state index contributed by atoms with van der Waals surface area (Å²) in [4.78, 5) is 40.7. The molecule has 0 N–H and O–H groups in total. The second kappa shape index (κ2) is 8.76. The van der Waals surface area contributed by atoms with Crippen molar-refractivity contribution in [2.75, 3.05) is 13.1 Å². The minimum atomic E-state index is -0.653. The Morgan fingerprint density at radius 1 is 1.10 bits per heavy atom. The van der Waals surface area contributed by atoms with Gasteiger partial charge in [0.1, 0.15) is 17.5 Å². The molecular formula is C26H33NO3. The van der Waals surface area contributed by atoms with Gasteiger partial charge in [0, 0.05) is 37.9 Å². The lowest BCUT2D eigenvalue weighted by Crippen LogP contribution is -2.48. The van der Waals surface area contributed by atoms with Crippen LogP contribution in [0.4, 0.5) is 0 Å². The maximum atomic E-state index is 13.2. The van der Waals surface area contributed by atoms with Gasteiger partial charge in [-0.05, 0) is 73.8 Å². The zero-order valence-corrected chi connectivity index (χ0v) is 18.9. The van der Waals surface area contributed by atoms with Crippen molar-refractivity contribution in [2.24, 2.45) is 11.3 Å². The van der Waals surface area contributed by atoms with Gasteiger partial charge in [0.2, 0.25) is 5.91 Å². The maximum absolute atomic E-state index is 13.2. The van der Waals surface area contributed by atoms with Crippen LogP contribution < -0.4 is 0 Å². The Hall–Kier alpha value is -2.41. The summed E-state index contributed by atoms with van der Waals surface area (Å²) in [5.41, 5.74) is 3.44. The van der Waals surface area contributed by atoms with E-state index in [9.17, 15) is 14.4 Å². The van der Waals surface area contributed by atoms with Crippen LogP contribution in [-0.4, -0.2) is 35.5 Å². The van der Waals surface area contributed by atoms with Crippen molar-refractivity contribution in [2.45, 2.75) is 72.6 Å². The number of hydrogen-bond acceptors (Lipinski definition) is 3. The molecule has 1 amide bonds. The molecule has 0 radical (unpaired) electrons. The Morgan fingerprint density at radius 3 is 2.10 bits per heavy atom. The van der Waals surface area contributed by atoms with Gasteiger partial charge in [0.25, 0.3) is 0 Å². The van der Waals surface area contributed by atoms with Crippen LogP contribution in [0.5, 0.6) is 0 Å². The average molecular weight is 408 g/mol. The summed E-state index contributed by atoms with van der Waals surface area (Å²) in [5, 5.41) is 0. The van der Waals surface area contributed by atoms with Gasteiger partial charge in [-0.25, -0.2) is 0 Å². The number of Topliss-reactive ketones (excluding diaryl/α,β-unsaturated/α-hetero) is 2. The van der Waals surface area contributed by atoms with Crippen molar-refractivity contribution in [3.63, 3.8) is 0 Å². The summed E-state index contributed by atoms with van der Waals surface area (Å²) in [6.07, 6.45) is 2.91. The minimum absolute atomic E-state index is 0.0359. The molecule has 2 aliphatic rings. The molecule has 0 bridgehead atoms. The van der Waals surface area contributed by atoms with Gasteiger partial charge < -0.3 is 4.90 Å². The largest absolute Gasteiger partial charge is 0.343 e. The highest BCUT2D eigenvalue weighted by Gasteiger charge is 2.47. The van der Waals surface area contributed by atoms with Crippen molar-refractivity contribution < 1.29 is 14.4 Å². The van der Waals surface area contributed by atoms with Crippen LogP contribution in [0.2, 0.25) is 0 Å². The zero-order chi connectivity index (χ0) is 22.1. The fourth-order valence-corrected chi connectivity index (χ4v) is 5.22. The van der Waals surface area contributed by atoms with E-state index in [1.54, 1.807) is 6.92 Å². The van der Waals surface area contributed by atoms with Crippen LogP contribution in [-0.2, 0) is 14.4 Å². The minimum Gasteiger partial charge on any atom is -0.343 e. The van der Waals surface area contributed by atoms with Crippen LogP contribution in [0.15, 0.2) is 12.1 Å². The summed E-state index contributed by atoms with van der Waals surface area (Å²) in [7, 11) is 0. The molecule has 1 aliphatic carbocycles. The van der Waals surface area contributed by atoms with Crippen LogP contribution in [0.25, 0.3) is 0 Å². The fourth-order valence-electron chi connectivity index (χ4n) is 5.22. The molecule has 0 unspecified atom stereocenters. The number of benzene rings is 1. The Balaban J connectivity index is 1.76. The third-order valence-corrected chi connectivity index (χ3v) is 6.65. The quantitative estimate of drug-likeness (QED) is 0.553. The van der Waals surface area contributed by atoms with E-state index in [4.69, 9.17) is 0 Å². The van der Waals surface area contributed by atoms with Crippen LogP contribution in [0, 0.1) is 37.0 Å². The van der Waals surface area contributed by atoms with Gasteiger partial charge >= 0.3 is 0 Å². The third-order valence-electron chi connectivity index (χ3n) is 6.65. The van der Waals surface area contributed by atoms with Crippen LogP contribution >= 0.6 is 0 Å². The topological polar surface area (TPSA) is 54.5 Å².